The Morgan fingerprint density at radius 2 is 2.00 bits per heavy atom. The molecule has 4 nitrogen and oxygen atoms in total. The highest BCUT2D eigenvalue weighted by atomic mass is 32.2. The van der Waals surface area contributed by atoms with E-state index < -0.39 is 17.7 Å². The predicted octanol–water partition coefficient (Wildman–Crippen LogP) is 2.70. The van der Waals surface area contributed by atoms with E-state index in [9.17, 15) is 9.59 Å². The van der Waals surface area contributed by atoms with Gasteiger partial charge in [-0.2, -0.15) is 0 Å². The SMILES string of the molecule is CC1(C)OC(=O)C(=CSCc2cccs2)C(=O)O1. The number of thioether (sulfide) groups is 1. The molecule has 0 bridgehead atoms. The zero-order chi connectivity index (χ0) is 13.2. The van der Waals surface area contributed by atoms with Crippen molar-refractivity contribution in [1.82, 2.24) is 0 Å². The van der Waals surface area contributed by atoms with E-state index >= 15 is 0 Å². The van der Waals surface area contributed by atoms with Crippen molar-refractivity contribution >= 4 is 35.0 Å². The molecule has 2 heterocycles. The largest absolute Gasteiger partial charge is 0.419 e. The van der Waals surface area contributed by atoms with E-state index in [2.05, 4.69) is 0 Å². The molecule has 0 N–H and O–H groups in total. The Morgan fingerprint density at radius 1 is 1.33 bits per heavy atom. The van der Waals surface area contributed by atoms with Crippen molar-refractivity contribution in [2.45, 2.75) is 25.4 Å². The number of carbonyl (C=O) groups is 2. The molecule has 0 radical (unpaired) electrons. The van der Waals surface area contributed by atoms with Gasteiger partial charge in [0.25, 0.3) is 5.79 Å². The summed E-state index contributed by atoms with van der Waals surface area (Å²) in [6.07, 6.45) is 0. The Hall–Kier alpha value is -1.27. The van der Waals surface area contributed by atoms with Crippen molar-refractivity contribution in [2.24, 2.45) is 0 Å². The molecule has 2 rings (SSSR count). The zero-order valence-electron chi connectivity index (χ0n) is 9.97. The number of hydrogen-bond donors (Lipinski definition) is 0. The van der Waals surface area contributed by atoms with Crippen LogP contribution in [0.25, 0.3) is 0 Å². The molecule has 0 atom stereocenters. The van der Waals surface area contributed by atoms with Crippen molar-refractivity contribution < 1.29 is 19.1 Å². The summed E-state index contributed by atoms with van der Waals surface area (Å²) in [5.41, 5.74) is -0.0455. The monoisotopic (exact) mass is 284 g/mol. The van der Waals surface area contributed by atoms with Crippen LogP contribution in [0.4, 0.5) is 0 Å². The Balaban J connectivity index is 2.00. The van der Waals surface area contributed by atoms with Gasteiger partial charge in [0.2, 0.25) is 0 Å². The quantitative estimate of drug-likeness (QED) is 0.485. The Morgan fingerprint density at radius 3 is 2.56 bits per heavy atom. The number of cyclic esters (lactones) is 2. The lowest BCUT2D eigenvalue weighted by Gasteiger charge is -2.29. The molecule has 6 heteroatoms. The molecular formula is C12H12O4S2. The van der Waals surface area contributed by atoms with E-state index in [0.29, 0.717) is 5.75 Å². The smallest absolute Gasteiger partial charge is 0.349 e. The van der Waals surface area contributed by atoms with Crippen molar-refractivity contribution in [3.8, 4) is 0 Å². The van der Waals surface area contributed by atoms with E-state index in [1.165, 1.54) is 35.9 Å². The first-order chi connectivity index (χ1) is 8.48. The summed E-state index contributed by atoms with van der Waals surface area (Å²) < 4.78 is 9.97. The maximum absolute atomic E-state index is 11.6. The van der Waals surface area contributed by atoms with Gasteiger partial charge >= 0.3 is 11.9 Å². The molecule has 0 amide bonds. The molecule has 0 spiro atoms. The highest BCUT2D eigenvalue weighted by Crippen LogP contribution is 2.26. The van der Waals surface area contributed by atoms with E-state index in [0.717, 1.165) is 0 Å². The summed E-state index contributed by atoms with van der Waals surface area (Å²) in [5, 5.41) is 3.48. The number of esters is 2. The van der Waals surface area contributed by atoms with E-state index in [1.54, 1.807) is 11.3 Å². The van der Waals surface area contributed by atoms with Crippen LogP contribution in [0.5, 0.6) is 0 Å². The summed E-state index contributed by atoms with van der Waals surface area (Å²) in [5.74, 6) is -1.72. The van der Waals surface area contributed by atoms with Crippen LogP contribution in [0, 0.1) is 0 Å². The van der Waals surface area contributed by atoms with Crippen LogP contribution in [0.1, 0.15) is 18.7 Å². The molecule has 0 unspecified atom stereocenters. The maximum atomic E-state index is 11.6. The third-order valence-corrected chi connectivity index (χ3v) is 4.06. The van der Waals surface area contributed by atoms with Gasteiger partial charge in [-0.3, -0.25) is 0 Å². The summed E-state index contributed by atoms with van der Waals surface area (Å²) in [6.45, 7) is 3.05. The van der Waals surface area contributed by atoms with Gasteiger partial charge in [-0.1, -0.05) is 6.07 Å². The molecule has 1 aliphatic heterocycles. The van der Waals surface area contributed by atoms with Crippen LogP contribution in [0.3, 0.4) is 0 Å². The second kappa shape index (κ2) is 5.16. The molecule has 1 aromatic heterocycles. The molecule has 1 fully saturated rings. The van der Waals surface area contributed by atoms with Crippen molar-refractivity contribution in [3.63, 3.8) is 0 Å². The van der Waals surface area contributed by atoms with Gasteiger partial charge in [0, 0.05) is 24.5 Å². The lowest BCUT2D eigenvalue weighted by atomic mass is 10.2. The third-order valence-electron chi connectivity index (χ3n) is 2.12. The normalized spacial score (nSPS) is 18.2. The lowest BCUT2D eigenvalue weighted by Crippen LogP contribution is -2.41. The number of ether oxygens (including phenoxy) is 2. The van der Waals surface area contributed by atoms with Gasteiger partial charge in [-0.15, -0.1) is 23.1 Å². The van der Waals surface area contributed by atoms with Crippen molar-refractivity contribution in [1.29, 1.82) is 0 Å². The number of carbonyl (C=O) groups excluding carboxylic acids is 2. The number of thiophene rings is 1. The van der Waals surface area contributed by atoms with Gasteiger partial charge in [-0.05, 0) is 16.9 Å². The predicted molar refractivity (Wildman–Crippen MR) is 70.0 cm³/mol. The Kier molecular flexibility index (Phi) is 3.77. The lowest BCUT2D eigenvalue weighted by molar-refractivity contribution is -0.222. The van der Waals surface area contributed by atoms with E-state index in [-0.39, 0.29) is 5.57 Å². The maximum Gasteiger partial charge on any atom is 0.349 e. The fourth-order valence-electron chi connectivity index (χ4n) is 1.36. The standard InChI is InChI=1S/C12H12O4S2/c1-12(2)15-10(13)9(11(14)16-12)7-17-6-8-4-3-5-18-8/h3-5,7H,6H2,1-2H3. The van der Waals surface area contributed by atoms with Crippen LogP contribution < -0.4 is 0 Å². The van der Waals surface area contributed by atoms with Crippen LogP contribution >= 0.6 is 23.1 Å². The minimum Gasteiger partial charge on any atom is -0.419 e. The zero-order valence-corrected chi connectivity index (χ0v) is 11.6. The van der Waals surface area contributed by atoms with Gasteiger partial charge in [0.1, 0.15) is 0 Å². The summed E-state index contributed by atoms with van der Waals surface area (Å²) in [7, 11) is 0. The van der Waals surface area contributed by atoms with Crippen molar-refractivity contribution in [2.75, 3.05) is 0 Å². The summed E-state index contributed by atoms with van der Waals surface area (Å²) in [4.78, 5) is 24.4. The number of rotatable bonds is 3. The topological polar surface area (TPSA) is 52.6 Å². The average molecular weight is 284 g/mol. The van der Waals surface area contributed by atoms with E-state index in [4.69, 9.17) is 9.47 Å². The fraction of sp³-hybridized carbons (Fsp3) is 0.333. The molecule has 1 aromatic rings. The first-order valence-electron chi connectivity index (χ1n) is 5.29. The average Bonchev–Trinajstić information content (AvgIpc) is 2.73. The molecule has 96 valence electrons. The second-order valence-electron chi connectivity index (χ2n) is 4.10. The Bertz CT molecular complexity index is 466. The molecule has 0 aliphatic carbocycles. The fourth-order valence-corrected chi connectivity index (χ4v) is 3.03. The molecule has 0 aromatic carbocycles. The van der Waals surface area contributed by atoms with Crippen LogP contribution in [0.2, 0.25) is 0 Å². The second-order valence-corrected chi connectivity index (χ2v) is 5.99. The molecule has 0 saturated carbocycles. The van der Waals surface area contributed by atoms with Crippen molar-refractivity contribution in [3.05, 3.63) is 33.4 Å². The molecule has 1 saturated heterocycles. The van der Waals surface area contributed by atoms with Gasteiger partial charge in [-0.25, -0.2) is 9.59 Å². The van der Waals surface area contributed by atoms with Gasteiger partial charge in [0.15, 0.2) is 5.57 Å². The minimum absolute atomic E-state index is 0.0455. The third kappa shape index (κ3) is 3.14. The van der Waals surface area contributed by atoms with E-state index in [1.807, 2.05) is 17.5 Å². The molecule has 1 aliphatic rings. The summed E-state index contributed by atoms with van der Waals surface area (Å²) >= 11 is 3.00. The highest BCUT2D eigenvalue weighted by Gasteiger charge is 2.38. The first kappa shape index (κ1) is 13.2. The summed E-state index contributed by atoms with van der Waals surface area (Å²) in [6, 6.07) is 3.95. The number of hydrogen-bond acceptors (Lipinski definition) is 6. The van der Waals surface area contributed by atoms with Crippen LogP contribution in [-0.4, -0.2) is 17.7 Å². The van der Waals surface area contributed by atoms with Gasteiger partial charge < -0.3 is 9.47 Å². The van der Waals surface area contributed by atoms with Crippen LogP contribution in [-0.2, 0) is 24.8 Å². The first-order valence-corrected chi connectivity index (χ1v) is 7.21. The van der Waals surface area contributed by atoms with Crippen LogP contribution in [0.15, 0.2) is 28.5 Å². The minimum atomic E-state index is -1.18. The van der Waals surface area contributed by atoms with Gasteiger partial charge in [0.05, 0.1) is 0 Å². The highest BCUT2D eigenvalue weighted by molar-refractivity contribution is 8.01. The molecular weight excluding hydrogens is 272 g/mol. The molecule has 18 heavy (non-hydrogen) atoms. The Labute approximate surface area is 113 Å².